The summed E-state index contributed by atoms with van der Waals surface area (Å²) in [7, 11) is 1.53. The van der Waals surface area contributed by atoms with Crippen LogP contribution in [0.2, 0.25) is 0 Å². The number of carbonyl (C=O) groups is 1. The third-order valence-electron chi connectivity index (χ3n) is 2.65. The van der Waals surface area contributed by atoms with Crippen LogP contribution in [-0.2, 0) is 0 Å². The molecular weight excluding hydrogens is 355 g/mol. The number of ether oxygens (including phenoxy) is 1. The minimum atomic E-state index is -0.158. The third-order valence-corrected chi connectivity index (χ3v) is 3.32. The van der Waals surface area contributed by atoms with Gasteiger partial charge in [0, 0.05) is 20.5 Å². The molecule has 2 aromatic carbocycles. The molecule has 5 heteroatoms. The maximum absolute atomic E-state index is 12.5. The number of anilines is 2. The van der Waals surface area contributed by atoms with E-state index in [-0.39, 0.29) is 5.78 Å². The maximum atomic E-state index is 12.5. The summed E-state index contributed by atoms with van der Waals surface area (Å²) >= 11 is 2.15. The van der Waals surface area contributed by atoms with E-state index in [1.165, 1.54) is 7.11 Å². The van der Waals surface area contributed by atoms with Crippen LogP contribution in [0.5, 0.6) is 5.75 Å². The number of ketones is 1. The molecular formula is C14H13IN2O2. The quantitative estimate of drug-likeness (QED) is 0.496. The molecule has 0 saturated carbocycles. The number of benzene rings is 2. The third kappa shape index (κ3) is 2.98. The highest BCUT2D eigenvalue weighted by atomic mass is 127. The Bertz CT molecular complexity index is 621. The lowest BCUT2D eigenvalue weighted by Crippen LogP contribution is -2.06. The molecule has 4 N–H and O–H groups in total. The molecule has 0 radical (unpaired) electrons. The molecule has 19 heavy (non-hydrogen) atoms. The van der Waals surface area contributed by atoms with Crippen LogP contribution < -0.4 is 16.2 Å². The number of methoxy groups -OCH3 is 1. The highest BCUT2D eigenvalue weighted by Gasteiger charge is 2.15. The van der Waals surface area contributed by atoms with Crippen molar-refractivity contribution in [3.63, 3.8) is 0 Å². The van der Waals surface area contributed by atoms with E-state index in [2.05, 4.69) is 22.6 Å². The molecule has 0 aliphatic heterocycles. The number of nitrogens with two attached hydrogens (primary N) is 2. The minimum Gasteiger partial charge on any atom is -0.496 e. The van der Waals surface area contributed by atoms with Gasteiger partial charge in [-0.1, -0.05) is 0 Å². The van der Waals surface area contributed by atoms with Crippen LogP contribution in [0.15, 0.2) is 36.4 Å². The van der Waals surface area contributed by atoms with Crippen LogP contribution in [0.1, 0.15) is 15.9 Å². The molecule has 0 fully saturated rings. The van der Waals surface area contributed by atoms with Gasteiger partial charge in [-0.15, -0.1) is 0 Å². The van der Waals surface area contributed by atoms with Crippen LogP contribution in [0, 0.1) is 3.57 Å². The highest BCUT2D eigenvalue weighted by molar-refractivity contribution is 14.1. The predicted molar refractivity (Wildman–Crippen MR) is 84.4 cm³/mol. The summed E-state index contributed by atoms with van der Waals surface area (Å²) in [4.78, 5) is 12.5. The number of carbonyl (C=O) groups excluding carboxylic acids is 1. The van der Waals surface area contributed by atoms with Gasteiger partial charge in [-0.3, -0.25) is 4.79 Å². The van der Waals surface area contributed by atoms with E-state index in [9.17, 15) is 4.79 Å². The Morgan fingerprint density at radius 3 is 2.32 bits per heavy atom. The number of nitrogen functional groups attached to an aromatic ring is 2. The Balaban J connectivity index is 2.52. The van der Waals surface area contributed by atoms with Crippen LogP contribution >= 0.6 is 22.6 Å². The summed E-state index contributed by atoms with van der Waals surface area (Å²) in [5, 5.41) is 0. The summed E-state index contributed by atoms with van der Waals surface area (Å²) in [5.41, 5.74) is 13.3. The van der Waals surface area contributed by atoms with Crippen molar-refractivity contribution in [2.45, 2.75) is 0 Å². The van der Waals surface area contributed by atoms with E-state index in [0.717, 1.165) is 3.57 Å². The first-order valence-corrected chi connectivity index (χ1v) is 6.63. The van der Waals surface area contributed by atoms with Crippen LogP contribution in [0.25, 0.3) is 0 Å². The van der Waals surface area contributed by atoms with Gasteiger partial charge in [0.05, 0.1) is 12.7 Å². The average molecular weight is 368 g/mol. The number of hydrogen-bond donors (Lipinski definition) is 2. The Kier molecular flexibility index (Phi) is 3.94. The average Bonchev–Trinajstić information content (AvgIpc) is 2.36. The van der Waals surface area contributed by atoms with Crippen molar-refractivity contribution in [2.75, 3.05) is 18.6 Å². The summed E-state index contributed by atoms with van der Waals surface area (Å²) in [5.74, 6) is 0.376. The Morgan fingerprint density at radius 2 is 1.74 bits per heavy atom. The van der Waals surface area contributed by atoms with Gasteiger partial charge < -0.3 is 16.2 Å². The molecule has 98 valence electrons. The fraction of sp³-hybridized carbons (Fsp3) is 0.0714. The van der Waals surface area contributed by atoms with Gasteiger partial charge in [0.1, 0.15) is 5.75 Å². The van der Waals surface area contributed by atoms with Crippen LogP contribution in [0.3, 0.4) is 0 Å². The number of halogens is 1. The summed E-state index contributed by atoms with van der Waals surface area (Å²) < 4.78 is 6.17. The molecule has 0 unspecified atom stereocenters. The molecule has 0 aliphatic rings. The molecule has 4 nitrogen and oxygen atoms in total. The van der Waals surface area contributed by atoms with Crippen molar-refractivity contribution in [3.05, 3.63) is 51.1 Å². The van der Waals surface area contributed by atoms with Crippen molar-refractivity contribution in [3.8, 4) is 5.75 Å². The number of hydrogen-bond acceptors (Lipinski definition) is 4. The van der Waals surface area contributed by atoms with Gasteiger partial charge in [0.15, 0.2) is 5.78 Å². The maximum Gasteiger partial charge on any atom is 0.196 e. The van der Waals surface area contributed by atoms with Crippen molar-refractivity contribution < 1.29 is 9.53 Å². The van der Waals surface area contributed by atoms with E-state index < -0.39 is 0 Å². The SMILES string of the molecule is COc1ccc(I)cc1C(=O)c1cc(N)cc(N)c1. The van der Waals surface area contributed by atoms with Gasteiger partial charge in [0.2, 0.25) is 0 Å². The second kappa shape index (κ2) is 5.48. The lowest BCUT2D eigenvalue weighted by Gasteiger charge is -2.09. The fourth-order valence-corrected chi connectivity index (χ4v) is 2.31. The van der Waals surface area contributed by atoms with Gasteiger partial charge in [-0.05, 0) is 59.0 Å². The lowest BCUT2D eigenvalue weighted by atomic mass is 10.0. The Labute approximate surface area is 124 Å². The Hall–Kier alpha value is -1.76. The van der Waals surface area contributed by atoms with E-state index >= 15 is 0 Å². The molecule has 2 aromatic rings. The standard InChI is InChI=1S/C14H13IN2O2/c1-19-13-3-2-9(15)6-12(13)14(18)8-4-10(16)7-11(17)5-8/h2-7H,16-17H2,1H3. The fourth-order valence-electron chi connectivity index (χ4n) is 1.82. The van der Waals surface area contributed by atoms with E-state index in [0.29, 0.717) is 28.3 Å². The first-order valence-electron chi connectivity index (χ1n) is 5.55. The largest absolute Gasteiger partial charge is 0.496 e. The van der Waals surface area contributed by atoms with Gasteiger partial charge in [-0.2, -0.15) is 0 Å². The first-order chi connectivity index (χ1) is 9.01. The molecule has 0 aromatic heterocycles. The van der Waals surface area contributed by atoms with Gasteiger partial charge in [0.25, 0.3) is 0 Å². The summed E-state index contributed by atoms with van der Waals surface area (Å²) in [6.45, 7) is 0. The molecule has 0 spiro atoms. The topological polar surface area (TPSA) is 78.3 Å². The second-order valence-corrected chi connectivity index (χ2v) is 5.31. The van der Waals surface area contributed by atoms with Crippen LogP contribution in [-0.4, -0.2) is 12.9 Å². The molecule has 0 saturated heterocycles. The second-order valence-electron chi connectivity index (χ2n) is 4.06. The first kappa shape index (κ1) is 13.7. The zero-order chi connectivity index (χ0) is 14.0. The van der Waals surface area contributed by atoms with Gasteiger partial charge >= 0.3 is 0 Å². The predicted octanol–water partition coefficient (Wildman–Crippen LogP) is 2.70. The van der Waals surface area contributed by atoms with Crippen molar-refractivity contribution in [1.29, 1.82) is 0 Å². The summed E-state index contributed by atoms with van der Waals surface area (Å²) in [6, 6.07) is 10.3. The molecule has 0 bridgehead atoms. The Morgan fingerprint density at radius 1 is 1.11 bits per heavy atom. The van der Waals surface area contributed by atoms with Crippen molar-refractivity contribution in [2.24, 2.45) is 0 Å². The lowest BCUT2D eigenvalue weighted by molar-refractivity contribution is 0.103. The van der Waals surface area contributed by atoms with Crippen molar-refractivity contribution >= 4 is 39.7 Å². The monoisotopic (exact) mass is 368 g/mol. The van der Waals surface area contributed by atoms with Gasteiger partial charge in [-0.25, -0.2) is 0 Å². The zero-order valence-corrected chi connectivity index (χ0v) is 12.5. The normalized spacial score (nSPS) is 10.2. The summed E-state index contributed by atoms with van der Waals surface area (Å²) in [6.07, 6.45) is 0. The molecule has 0 atom stereocenters. The molecule has 2 rings (SSSR count). The molecule has 0 heterocycles. The van der Waals surface area contributed by atoms with E-state index in [4.69, 9.17) is 16.2 Å². The van der Waals surface area contributed by atoms with E-state index in [1.54, 1.807) is 30.3 Å². The smallest absolute Gasteiger partial charge is 0.196 e. The number of rotatable bonds is 3. The molecule has 0 aliphatic carbocycles. The minimum absolute atomic E-state index is 0.158. The highest BCUT2D eigenvalue weighted by Crippen LogP contribution is 2.25. The van der Waals surface area contributed by atoms with Crippen LogP contribution in [0.4, 0.5) is 11.4 Å². The molecule has 0 amide bonds. The zero-order valence-electron chi connectivity index (χ0n) is 10.3. The van der Waals surface area contributed by atoms with E-state index in [1.807, 2.05) is 6.07 Å². The van der Waals surface area contributed by atoms with Crippen molar-refractivity contribution in [1.82, 2.24) is 0 Å².